The highest BCUT2D eigenvalue weighted by atomic mass is 35.5. The summed E-state index contributed by atoms with van der Waals surface area (Å²) in [4.78, 5) is 40.0. The van der Waals surface area contributed by atoms with Crippen LogP contribution < -0.4 is 20.7 Å². The molecule has 14 heteroatoms. The number of amides is 1. The highest BCUT2D eigenvalue weighted by molar-refractivity contribution is 7.18. The minimum Gasteiger partial charge on any atom is -0.481 e. The molecule has 4 N–H and O–H groups in total. The number of carbonyl (C=O) groups excluding carboxylic acids is 1. The maximum absolute atomic E-state index is 11.7. The molecule has 5 heterocycles. The first-order valence-electron chi connectivity index (χ1n) is 17.6. The van der Waals surface area contributed by atoms with E-state index in [1.807, 2.05) is 62.4 Å². The van der Waals surface area contributed by atoms with Crippen molar-refractivity contribution in [1.29, 1.82) is 0 Å². The molecule has 7 rings (SSSR count). The predicted molar refractivity (Wildman–Crippen MR) is 210 cm³/mol. The number of rotatable bonds is 12. The Hall–Kier alpha value is -4.33. The highest BCUT2D eigenvalue weighted by Crippen LogP contribution is 2.43. The van der Waals surface area contributed by atoms with E-state index in [1.165, 1.54) is 0 Å². The molecule has 1 unspecified atom stereocenters. The average Bonchev–Trinajstić information content (AvgIpc) is 3.76. The minimum absolute atomic E-state index is 0.0961. The second-order valence-electron chi connectivity index (χ2n) is 14.0. The van der Waals surface area contributed by atoms with Gasteiger partial charge in [0.15, 0.2) is 5.82 Å². The van der Waals surface area contributed by atoms with Crippen LogP contribution in [0.1, 0.15) is 48.7 Å². The van der Waals surface area contributed by atoms with Crippen molar-refractivity contribution in [2.45, 2.75) is 58.7 Å². The number of carboxylic acid groups (broad SMARTS) is 1. The van der Waals surface area contributed by atoms with E-state index in [2.05, 4.69) is 25.8 Å². The summed E-state index contributed by atoms with van der Waals surface area (Å²) in [6.07, 6.45) is 4.37. The highest BCUT2D eigenvalue weighted by Gasteiger charge is 2.37. The lowest BCUT2D eigenvalue weighted by Gasteiger charge is -2.35. The van der Waals surface area contributed by atoms with Crippen LogP contribution in [0.25, 0.3) is 32.6 Å². The summed E-state index contributed by atoms with van der Waals surface area (Å²) in [7, 11) is 1.61. The number of hydrogen-bond donors (Lipinski definition) is 4. The van der Waals surface area contributed by atoms with Crippen molar-refractivity contribution in [3.63, 3.8) is 0 Å². The van der Waals surface area contributed by atoms with Gasteiger partial charge in [0, 0.05) is 54.0 Å². The molecule has 3 aromatic heterocycles. The molecule has 2 aromatic carbocycles. The SMILES string of the molecule is COc1nc(-c2cccc(-c3cccc(Nc4nccc5sc(CN6CCC(C)(C(=O)O)CC6)nc45)c3Cl)c2Cl)cc(C)c1CNCC1CCC(=O)N1. The van der Waals surface area contributed by atoms with Gasteiger partial charge in [-0.2, -0.15) is 0 Å². The molecule has 1 amide bonds. The first kappa shape index (κ1) is 37.0. The summed E-state index contributed by atoms with van der Waals surface area (Å²) in [6.45, 7) is 7.15. The molecule has 0 saturated carbocycles. The van der Waals surface area contributed by atoms with E-state index in [0.717, 1.165) is 49.5 Å². The van der Waals surface area contributed by atoms with Crippen LogP contribution in [0.3, 0.4) is 0 Å². The second-order valence-corrected chi connectivity index (χ2v) is 15.8. The lowest BCUT2D eigenvalue weighted by atomic mass is 9.80. The zero-order chi connectivity index (χ0) is 37.3. The van der Waals surface area contributed by atoms with Crippen molar-refractivity contribution in [1.82, 2.24) is 30.5 Å². The van der Waals surface area contributed by atoms with Gasteiger partial charge < -0.3 is 25.8 Å². The van der Waals surface area contributed by atoms with Gasteiger partial charge in [0.05, 0.1) is 45.2 Å². The maximum Gasteiger partial charge on any atom is 0.309 e. The fourth-order valence-corrected chi connectivity index (χ4v) is 8.57. The van der Waals surface area contributed by atoms with E-state index in [4.69, 9.17) is 37.9 Å². The number of halogens is 2. The number of nitrogens with one attached hydrogen (secondary N) is 3. The number of hydrogen-bond acceptors (Lipinski definition) is 10. The topological polar surface area (TPSA) is 142 Å². The van der Waals surface area contributed by atoms with Crippen molar-refractivity contribution in [3.8, 4) is 28.3 Å². The van der Waals surface area contributed by atoms with Crippen molar-refractivity contribution in [2.24, 2.45) is 5.41 Å². The Morgan fingerprint density at radius 1 is 1.09 bits per heavy atom. The largest absolute Gasteiger partial charge is 0.481 e. The summed E-state index contributed by atoms with van der Waals surface area (Å²) in [5, 5.41) is 21.4. The van der Waals surface area contributed by atoms with Crippen LogP contribution in [0.2, 0.25) is 10.0 Å². The van der Waals surface area contributed by atoms with Crippen molar-refractivity contribution in [3.05, 3.63) is 80.9 Å². The van der Waals surface area contributed by atoms with Crippen LogP contribution in [0.5, 0.6) is 5.88 Å². The van der Waals surface area contributed by atoms with Gasteiger partial charge in [-0.3, -0.25) is 14.5 Å². The normalized spacial score (nSPS) is 17.2. The molecule has 5 aromatic rings. The fourth-order valence-electron chi connectivity index (χ4n) is 6.97. The Morgan fingerprint density at radius 3 is 2.55 bits per heavy atom. The Balaban J connectivity index is 1.10. The standard InChI is InChI=1S/C39H41Cl2N7O4S/c1-22-18-29(46-37(52-3)27(22)20-42-19-23-10-11-31(49)44-23)26-8-4-6-24(33(26)40)25-7-5-9-28(34(25)41)45-36-35-30(12-15-43-36)53-32(47-35)21-48-16-13-39(2,14-17-48)38(50)51/h4-9,12,15,18,23,42H,10-11,13-14,16-17,19-21H2,1-3H3,(H,43,45)(H,44,49)(H,50,51). The van der Waals surface area contributed by atoms with E-state index in [9.17, 15) is 14.7 Å². The van der Waals surface area contributed by atoms with E-state index in [-0.39, 0.29) is 11.9 Å². The van der Waals surface area contributed by atoms with E-state index < -0.39 is 11.4 Å². The molecular formula is C39H41Cl2N7O4S. The van der Waals surface area contributed by atoms with Crippen molar-refractivity contribution in [2.75, 3.05) is 32.1 Å². The number of nitrogens with zero attached hydrogens (tertiary/aromatic N) is 4. The number of thiazole rings is 1. The van der Waals surface area contributed by atoms with Crippen molar-refractivity contribution >= 4 is 68.1 Å². The first-order valence-corrected chi connectivity index (χ1v) is 19.2. The van der Waals surface area contributed by atoms with Gasteiger partial charge in [-0.25, -0.2) is 15.0 Å². The van der Waals surface area contributed by atoms with Gasteiger partial charge in [-0.1, -0.05) is 53.5 Å². The number of aryl methyl sites for hydroxylation is 1. The smallest absolute Gasteiger partial charge is 0.309 e. The Labute approximate surface area is 322 Å². The summed E-state index contributed by atoms with van der Waals surface area (Å²) >= 11 is 15.9. The summed E-state index contributed by atoms with van der Waals surface area (Å²) in [6, 6.07) is 15.6. The number of pyridine rings is 2. The molecule has 0 radical (unpaired) electrons. The summed E-state index contributed by atoms with van der Waals surface area (Å²) in [5.41, 5.74) is 5.61. The third-order valence-electron chi connectivity index (χ3n) is 10.3. The number of aliphatic carboxylic acids is 1. The van der Waals surface area contributed by atoms with Crippen LogP contribution in [-0.4, -0.2) is 69.6 Å². The Kier molecular flexibility index (Phi) is 10.9. The van der Waals surface area contributed by atoms with Gasteiger partial charge in [0.1, 0.15) is 10.5 Å². The molecule has 0 bridgehead atoms. The number of fused-ring (bicyclic) bond motifs is 1. The van der Waals surface area contributed by atoms with Crippen LogP contribution in [0, 0.1) is 12.3 Å². The number of likely N-dealkylation sites (tertiary alicyclic amines) is 1. The molecule has 11 nitrogen and oxygen atoms in total. The number of methoxy groups -OCH3 is 1. The molecule has 0 spiro atoms. The number of carboxylic acids is 1. The van der Waals surface area contributed by atoms with Gasteiger partial charge in [-0.15, -0.1) is 11.3 Å². The van der Waals surface area contributed by atoms with Gasteiger partial charge >= 0.3 is 5.97 Å². The van der Waals surface area contributed by atoms with Crippen molar-refractivity contribution < 1.29 is 19.4 Å². The molecule has 1 atom stereocenters. The average molecular weight is 775 g/mol. The van der Waals surface area contributed by atoms with Crippen LogP contribution in [0.15, 0.2) is 54.7 Å². The summed E-state index contributed by atoms with van der Waals surface area (Å²) in [5.74, 6) is 0.472. The molecule has 276 valence electrons. The number of piperidine rings is 1. The molecule has 2 aliphatic rings. The van der Waals surface area contributed by atoms with Gasteiger partial charge in [-0.05, 0) is 70.0 Å². The fraction of sp³-hybridized carbons (Fsp3) is 0.359. The zero-order valence-corrected chi connectivity index (χ0v) is 32.1. The molecule has 53 heavy (non-hydrogen) atoms. The molecule has 2 aliphatic heterocycles. The van der Waals surface area contributed by atoms with Crippen LogP contribution in [-0.2, 0) is 22.7 Å². The number of anilines is 2. The van der Waals surface area contributed by atoms with Gasteiger partial charge in [0.25, 0.3) is 0 Å². The molecular weight excluding hydrogens is 733 g/mol. The maximum atomic E-state index is 11.7. The third-order valence-corrected chi connectivity index (χ3v) is 12.1. The minimum atomic E-state index is -0.729. The second kappa shape index (κ2) is 15.6. The number of carbonyl (C=O) groups is 2. The third kappa shape index (κ3) is 7.83. The Morgan fingerprint density at radius 2 is 1.83 bits per heavy atom. The van der Waals surface area contributed by atoms with E-state index in [0.29, 0.717) is 85.1 Å². The van der Waals surface area contributed by atoms with E-state index >= 15 is 0 Å². The van der Waals surface area contributed by atoms with Gasteiger partial charge in [0.2, 0.25) is 11.8 Å². The zero-order valence-electron chi connectivity index (χ0n) is 29.8. The lowest BCUT2D eigenvalue weighted by molar-refractivity contribution is -0.150. The van der Waals surface area contributed by atoms with Crippen LogP contribution in [0.4, 0.5) is 11.5 Å². The first-order chi connectivity index (χ1) is 25.5. The molecule has 0 aliphatic carbocycles. The Bertz CT molecular complexity index is 2190. The monoisotopic (exact) mass is 773 g/mol. The number of aromatic nitrogens is 3. The number of benzene rings is 2. The lowest BCUT2D eigenvalue weighted by Crippen LogP contribution is -2.42. The number of ether oxygens (including phenoxy) is 1. The summed E-state index contributed by atoms with van der Waals surface area (Å²) < 4.78 is 6.73. The predicted octanol–water partition coefficient (Wildman–Crippen LogP) is 7.84. The molecule has 2 saturated heterocycles. The van der Waals surface area contributed by atoms with Crippen LogP contribution >= 0.6 is 34.5 Å². The molecule has 2 fully saturated rings. The van der Waals surface area contributed by atoms with E-state index in [1.54, 1.807) is 24.6 Å². The quantitative estimate of drug-likeness (QED) is 0.0991.